The van der Waals surface area contributed by atoms with E-state index in [9.17, 15) is 4.79 Å². The number of para-hydroxylation sites is 2. The number of allylic oxidation sites excluding steroid dienone is 1. The molecule has 0 atom stereocenters. The monoisotopic (exact) mass is 333 g/mol. The molecule has 1 heterocycles. The second-order valence-electron chi connectivity index (χ2n) is 6.38. The number of amides is 1. The van der Waals surface area contributed by atoms with Crippen LogP contribution in [0.15, 0.2) is 60.7 Å². The standard InChI is InChI=1S/C21H23N3O/c1-15(2)14-24-19-11-7-6-10-18(19)23-20(24)12-13-22-21(25)17-9-5-4-8-16(17)3/h4-11H,1,12-14H2,2-3H3,(H,22,25). The number of aromatic nitrogens is 2. The molecule has 1 amide bonds. The molecule has 1 N–H and O–H groups in total. The van der Waals surface area contributed by atoms with Crippen molar-refractivity contribution in [3.05, 3.63) is 77.6 Å². The lowest BCUT2D eigenvalue weighted by molar-refractivity contribution is 0.0953. The summed E-state index contributed by atoms with van der Waals surface area (Å²) in [5, 5.41) is 3.00. The number of rotatable bonds is 6. The van der Waals surface area contributed by atoms with Crippen molar-refractivity contribution >= 4 is 16.9 Å². The van der Waals surface area contributed by atoms with Gasteiger partial charge in [0.25, 0.3) is 5.91 Å². The molecule has 3 aromatic rings. The van der Waals surface area contributed by atoms with Gasteiger partial charge in [-0.15, -0.1) is 0 Å². The van der Waals surface area contributed by atoms with Crippen LogP contribution >= 0.6 is 0 Å². The van der Waals surface area contributed by atoms with Gasteiger partial charge in [0, 0.05) is 25.1 Å². The second-order valence-corrected chi connectivity index (χ2v) is 6.38. The van der Waals surface area contributed by atoms with Gasteiger partial charge in [0.1, 0.15) is 5.82 Å². The number of carbonyl (C=O) groups excluding carboxylic acids is 1. The molecule has 25 heavy (non-hydrogen) atoms. The molecule has 0 unspecified atom stereocenters. The smallest absolute Gasteiger partial charge is 0.251 e. The van der Waals surface area contributed by atoms with E-state index in [0.717, 1.165) is 40.1 Å². The zero-order valence-electron chi connectivity index (χ0n) is 14.7. The van der Waals surface area contributed by atoms with Crippen molar-refractivity contribution in [3.63, 3.8) is 0 Å². The van der Waals surface area contributed by atoms with Gasteiger partial charge < -0.3 is 9.88 Å². The first kappa shape index (κ1) is 17.0. The van der Waals surface area contributed by atoms with Crippen molar-refractivity contribution in [2.75, 3.05) is 6.54 Å². The van der Waals surface area contributed by atoms with E-state index in [2.05, 4.69) is 22.5 Å². The molecule has 4 nitrogen and oxygen atoms in total. The van der Waals surface area contributed by atoms with Crippen molar-refractivity contribution in [3.8, 4) is 0 Å². The molecule has 0 bridgehead atoms. The lowest BCUT2D eigenvalue weighted by Crippen LogP contribution is -2.27. The highest BCUT2D eigenvalue weighted by molar-refractivity contribution is 5.95. The minimum Gasteiger partial charge on any atom is -0.352 e. The summed E-state index contributed by atoms with van der Waals surface area (Å²) < 4.78 is 2.18. The third-order valence-electron chi connectivity index (χ3n) is 4.19. The number of nitrogens with zero attached hydrogens (tertiary/aromatic N) is 2. The zero-order chi connectivity index (χ0) is 17.8. The maximum atomic E-state index is 12.3. The zero-order valence-corrected chi connectivity index (χ0v) is 14.7. The summed E-state index contributed by atoms with van der Waals surface area (Å²) in [4.78, 5) is 17.1. The molecule has 0 aliphatic heterocycles. The predicted octanol–water partition coefficient (Wildman–Crippen LogP) is 3.89. The average Bonchev–Trinajstić information content (AvgIpc) is 2.92. The summed E-state index contributed by atoms with van der Waals surface area (Å²) in [5.74, 6) is 0.926. The van der Waals surface area contributed by atoms with E-state index >= 15 is 0 Å². The van der Waals surface area contributed by atoms with Crippen LogP contribution in [0.4, 0.5) is 0 Å². The van der Waals surface area contributed by atoms with Gasteiger partial charge in [0.05, 0.1) is 11.0 Å². The van der Waals surface area contributed by atoms with Crippen molar-refractivity contribution in [2.24, 2.45) is 0 Å². The van der Waals surface area contributed by atoms with E-state index < -0.39 is 0 Å². The summed E-state index contributed by atoms with van der Waals surface area (Å²) in [6, 6.07) is 15.7. The molecule has 0 aliphatic carbocycles. The van der Waals surface area contributed by atoms with Crippen LogP contribution in [0.2, 0.25) is 0 Å². The molecule has 0 radical (unpaired) electrons. The van der Waals surface area contributed by atoms with Gasteiger partial charge in [0.15, 0.2) is 0 Å². The van der Waals surface area contributed by atoms with Crippen LogP contribution in [0.25, 0.3) is 11.0 Å². The van der Waals surface area contributed by atoms with Gasteiger partial charge in [-0.05, 0) is 37.6 Å². The van der Waals surface area contributed by atoms with Crippen molar-refractivity contribution in [1.82, 2.24) is 14.9 Å². The van der Waals surface area contributed by atoms with Crippen LogP contribution in [0.1, 0.15) is 28.7 Å². The Morgan fingerprint density at radius 1 is 1.16 bits per heavy atom. The van der Waals surface area contributed by atoms with Crippen molar-refractivity contribution < 1.29 is 4.79 Å². The average molecular weight is 333 g/mol. The fourth-order valence-corrected chi connectivity index (χ4v) is 2.97. The summed E-state index contributed by atoms with van der Waals surface area (Å²) in [7, 11) is 0. The Morgan fingerprint density at radius 2 is 1.88 bits per heavy atom. The number of nitrogens with one attached hydrogen (secondary N) is 1. The van der Waals surface area contributed by atoms with E-state index in [1.54, 1.807) is 0 Å². The minimum atomic E-state index is -0.0411. The maximum absolute atomic E-state index is 12.3. The Hall–Kier alpha value is -2.88. The van der Waals surface area contributed by atoms with Crippen molar-refractivity contribution in [2.45, 2.75) is 26.8 Å². The number of hydrogen-bond acceptors (Lipinski definition) is 2. The predicted molar refractivity (Wildman–Crippen MR) is 102 cm³/mol. The molecule has 128 valence electrons. The molecular formula is C21H23N3O. The Labute approximate surface area is 148 Å². The number of fused-ring (bicyclic) bond motifs is 1. The summed E-state index contributed by atoms with van der Waals surface area (Å²) in [6.07, 6.45) is 0.680. The fraction of sp³-hybridized carbons (Fsp3) is 0.238. The molecule has 4 heteroatoms. The van der Waals surface area contributed by atoms with E-state index in [1.807, 2.05) is 56.3 Å². The minimum absolute atomic E-state index is 0.0411. The van der Waals surface area contributed by atoms with Gasteiger partial charge >= 0.3 is 0 Å². The Bertz CT molecular complexity index is 924. The summed E-state index contributed by atoms with van der Waals surface area (Å²) >= 11 is 0. The Kier molecular flexibility index (Phi) is 4.98. The van der Waals surface area contributed by atoms with Gasteiger partial charge in [-0.3, -0.25) is 4.79 Å². The third kappa shape index (κ3) is 3.79. The summed E-state index contributed by atoms with van der Waals surface area (Å²) in [6.45, 7) is 9.26. The molecule has 0 spiro atoms. The van der Waals surface area contributed by atoms with E-state index in [4.69, 9.17) is 4.98 Å². The Morgan fingerprint density at radius 3 is 2.64 bits per heavy atom. The highest BCUT2D eigenvalue weighted by Crippen LogP contribution is 2.17. The van der Waals surface area contributed by atoms with E-state index in [0.29, 0.717) is 13.0 Å². The lowest BCUT2D eigenvalue weighted by Gasteiger charge is -2.10. The van der Waals surface area contributed by atoms with Crippen molar-refractivity contribution in [1.29, 1.82) is 0 Å². The van der Waals surface area contributed by atoms with Crippen LogP contribution in [-0.2, 0) is 13.0 Å². The lowest BCUT2D eigenvalue weighted by atomic mass is 10.1. The topological polar surface area (TPSA) is 46.9 Å². The number of carbonyl (C=O) groups is 1. The van der Waals surface area contributed by atoms with Gasteiger partial charge in [0.2, 0.25) is 0 Å². The van der Waals surface area contributed by atoms with Crippen LogP contribution in [-0.4, -0.2) is 22.0 Å². The molecule has 0 saturated carbocycles. The maximum Gasteiger partial charge on any atom is 0.251 e. The molecular weight excluding hydrogens is 310 g/mol. The second kappa shape index (κ2) is 7.34. The molecule has 0 saturated heterocycles. The molecule has 0 fully saturated rings. The molecule has 3 rings (SSSR count). The van der Waals surface area contributed by atoms with E-state index in [-0.39, 0.29) is 5.91 Å². The number of benzene rings is 2. The SMILES string of the molecule is C=C(C)Cn1c(CCNC(=O)c2ccccc2C)nc2ccccc21. The van der Waals surface area contributed by atoms with Gasteiger partial charge in [-0.25, -0.2) is 4.98 Å². The largest absolute Gasteiger partial charge is 0.352 e. The highest BCUT2D eigenvalue weighted by Gasteiger charge is 2.12. The van der Waals surface area contributed by atoms with Gasteiger partial charge in [-0.1, -0.05) is 42.5 Å². The van der Waals surface area contributed by atoms with Crippen LogP contribution in [0.5, 0.6) is 0 Å². The number of aryl methyl sites for hydroxylation is 1. The quantitative estimate of drug-likeness (QED) is 0.696. The first-order chi connectivity index (χ1) is 12.1. The summed E-state index contributed by atoms with van der Waals surface area (Å²) in [5.41, 5.74) is 4.86. The fourth-order valence-electron chi connectivity index (χ4n) is 2.97. The van der Waals surface area contributed by atoms with Crippen LogP contribution in [0, 0.1) is 6.92 Å². The number of hydrogen-bond donors (Lipinski definition) is 1. The van der Waals surface area contributed by atoms with Gasteiger partial charge in [-0.2, -0.15) is 0 Å². The van der Waals surface area contributed by atoms with E-state index in [1.165, 1.54) is 0 Å². The first-order valence-corrected chi connectivity index (χ1v) is 8.48. The van der Waals surface area contributed by atoms with Crippen LogP contribution in [0.3, 0.4) is 0 Å². The normalized spacial score (nSPS) is 10.8. The van der Waals surface area contributed by atoms with Crippen LogP contribution < -0.4 is 5.32 Å². The molecule has 1 aromatic heterocycles. The Balaban J connectivity index is 1.74. The molecule has 0 aliphatic rings. The molecule has 2 aromatic carbocycles. The highest BCUT2D eigenvalue weighted by atomic mass is 16.1. The third-order valence-corrected chi connectivity index (χ3v) is 4.19. The first-order valence-electron chi connectivity index (χ1n) is 8.48. The number of imidazole rings is 1.